The van der Waals surface area contributed by atoms with Gasteiger partial charge in [0.1, 0.15) is 0 Å². The fourth-order valence-corrected chi connectivity index (χ4v) is 4.66. The number of hydrogen-bond acceptors (Lipinski definition) is 4. The molecule has 150 valence electrons. The van der Waals surface area contributed by atoms with E-state index in [1.165, 1.54) is 10.2 Å². The molecular formula is C20H20ClN5O2S. The van der Waals surface area contributed by atoms with Gasteiger partial charge >= 0.3 is 0 Å². The van der Waals surface area contributed by atoms with Crippen molar-refractivity contribution in [3.05, 3.63) is 59.1 Å². The van der Waals surface area contributed by atoms with Crippen molar-refractivity contribution in [2.24, 2.45) is 27.6 Å². The van der Waals surface area contributed by atoms with Gasteiger partial charge in [0, 0.05) is 27.5 Å². The van der Waals surface area contributed by atoms with Crippen molar-refractivity contribution in [3.63, 3.8) is 0 Å². The van der Waals surface area contributed by atoms with Crippen LogP contribution in [0.5, 0.6) is 0 Å². The Morgan fingerprint density at radius 2 is 1.72 bits per heavy atom. The first-order valence-corrected chi connectivity index (χ1v) is 11.3. The SMILES string of the molecule is CS(=O)(=O)n1c(-c2ccc(Cl)cc2)c(C(=NN=C(N)N)C2CC2)c2ccccc21. The van der Waals surface area contributed by atoms with E-state index < -0.39 is 10.0 Å². The van der Waals surface area contributed by atoms with Crippen LogP contribution in [-0.4, -0.2) is 30.3 Å². The molecule has 1 aliphatic carbocycles. The number of guanidine groups is 1. The van der Waals surface area contributed by atoms with Crippen LogP contribution < -0.4 is 11.5 Å². The Hall–Kier alpha value is -2.84. The van der Waals surface area contributed by atoms with E-state index in [1.807, 2.05) is 18.2 Å². The summed E-state index contributed by atoms with van der Waals surface area (Å²) in [6.45, 7) is 0. The molecule has 0 radical (unpaired) electrons. The number of para-hydroxylation sites is 1. The number of benzene rings is 2. The van der Waals surface area contributed by atoms with E-state index in [1.54, 1.807) is 30.3 Å². The maximum atomic E-state index is 12.8. The zero-order chi connectivity index (χ0) is 20.8. The third kappa shape index (κ3) is 3.73. The average Bonchev–Trinajstić information content (AvgIpc) is 3.43. The van der Waals surface area contributed by atoms with E-state index in [0.29, 0.717) is 27.5 Å². The minimum Gasteiger partial charge on any atom is -0.369 e. The molecule has 0 amide bonds. The topological polar surface area (TPSA) is 116 Å². The maximum Gasteiger partial charge on any atom is 0.236 e. The second-order valence-corrected chi connectivity index (χ2v) is 9.33. The van der Waals surface area contributed by atoms with Crippen LogP contribution in [0.15, 0.2) is 58.7 Å². The van der Waals surface area contributed by atoms with Crippen molar-refractivity contribution in [2.45, 2.75) is 12.8 Å². The average molecular weight is 430 g/mol. The van der Waals surface area contributed by atoms with Gasteiger partial charge in [0.05, 0.1) is 23.2 Å². The van der Waals surface area contributed by atoms with E-state index in [0.717, 1.165) is 23.8 Å². The number of aromatic nitrogens is 1. The van der Waals surface area contributed by atoms with Crippen LogP contribution in [0.2, 0.25) is 5.02 Å². The van der Waals surface area contributed by atoms with Crippen LogP contribution in [-0.2, 0) is 10.0 Å². The van der Waals surface area contributed by atoms with Gasteiger partial charge in [-0.1, -0.05) is 41.9 Å². The lowest BCUT2D eigenvalue weighted by Crippen LogP contribution is -2.22. The molecule has 0 aliphatic heterocycles. The molecule has 1 saturated carbocycles. The minimum atomic E-state index is -3.62. The van der Waals surface area contributed by atoms with E-state index >= 15 is 0 Å². The summed E-state index contributed by atoms with van der Waals surface area (Å²) in [5.41, 5.74) is 14.2. The van der Waals surface area contributed by atoms with Crippen molar-refractivity contribution in [1.82, 2.24) is 3.97 Å². The Morgan fingerprint density at radius 3 is 2.31 bits per heavy atom. The fourth-order valence-electron chi connectivity index (χ4n) is 3.49. The van der Waals surface area contributed by atoms with Crippen molar-refractivity contribution in [2.75, 3.05) is 6.26 Å². The lowest BCUT2D eigenvalue weighted by atomic mass is 9.98. The second-order valence-electron chi connectivity index (χ2n) is 7.06. The molecule has 0 saturated heterocycles. The normalized spacial score (nSPS) is 14.9. The van der Waals surface area contributed by atoms with Crippen LogP contribution in [0.4, 0.5) is 0 Å². The van der Waals surface area contributed by atoms with Gasteiger partial charge in [0.2, 0.25) is 16.0 Å². The summed E-state index contributed by atoms with van der Waals surface area (Å²) in [5.74, 6) is 0.0195. The van der Waals surface area contributed by atoms with Gasteiger partial charge in [0.15, 0.2) is 0 Å². The minimum absolute atomic E-state index is 0.150. The molecule has 0 bridgehead atoms. The third-order valence-electron chi connectivity index (χ3n) is 4.77. The summed E-state index contributed by atoms with van der Waals surface area (Å²) in [5, 5.41) is 9.54. The molecular weight excluding hydrogens is 410 g/mol. The van der Waals surface area contributed by atoms with Crippen LogP contribution in [0.25, 0.3) is 22.2 Å². The van der Waals surface area contributed by atoms with Crippen LogP contribution in [0.3, 0.4) is 0 Å². The molecule has 4 N–H and O–H groups in total. The van der Waals surface area contributed by atoms with Crippen LogP contribution >= 0.6 is 11.6 Å². The molecule has 7 nitrogen and oxygen atoms in total. The third-order valence-corrected chi connectivity index (χ3v) is 6.07. The summed E-state index contributed by atoms with van der Waals surface area (Å²) in [6.07, 6.45) is 3.07. The van der Waals surface area contributed by atoms with Gasteiger partial charge in [-0.25, -0.2) is 12.4 Å². The lowest BCUT2D eigenvalue weighted by Gasteiger charge is -2.12. The molecule has 1 fully saturated rings. The molecule has 4 rings (SSSR count). The zero-order valence-corrected chi connectivity index (χ0v) is 17.3. The van der Waals surface area contributed by atoms with Crippen molar-refractivity contribution >= 4 is 44.2 Å². The number of fused-ring (bicyclic) bond motifs is 1. The van der Waals surface area contributed by atoms with Gasteiger partial charge in [-0.05, 0) is 31.0 Å². The van der Waals surface area contributed by atoms with Crippen molar-refractivity contribution in [3.8, 4) is 11.3 Å². The van der Waals surface area contributed by atoms with Gasteiger partial charge in [0.25, 0.3) is 0 Å². The highest BCUT2D eigenvalue weighted by molar-refractivity contribution is 7.89. The number of hydrogen-bond donors (Lipinski definition) is 2. The molecule has 1 aromatic heterocycles. The smallest absolute Gasteiger partial charge is 0.236 e. The van der Waals surface area contributed by atoms with E-state index in [2.05, 4.69) is 10.2 Å². The summed E-state index contributed by atoms with van der Waals surface area (Å²) in [4.78, 5) is 0. The number of nitrogens with zero attached hydrogens (tertiary/aromatic N) is 3. The number of rotatable bonds is 5. The molecule has 9 heteroatoms. The summed E-state index contributed by atoms with van der Waals surface area (Å²) < 4.78 is 27.0. The molecule has 2 aromatic carbocycles. The Kier molecular flexibility index (Phi) is 4.84. The van der Waals surface area contributed by atoms with E-state index in [-0.39, 0.29) is 11.9 Å². The highest BCUT2D eigenvalue weighted by Gasteiger charge is 2.35. The lowest BCUT2D eigenvalue weighted by molar-refractivity contribution is 0.595. The van der Waals surface area contributed by atoms with Crippen LogP contribution in [0, 0.1) is 5.92 Å². The predicted octanol–water partition coefficient (Wildman–Crippen LogP) is 3.16. The largest absolute Gasteiger partial charge is 0.369 e. The van der Waals surface area contributed by atoms with E-state index in [9.17, 15) is 8.42 Å². The summed E-state index contributed by atoms with van der Waals surface area (Å²) >= 11 is 6.06. The first kappa shape index (κ1) is 19.5. The van der Waals surface area contributed by atoms with Gasteiger partial charge in [-0.2, -0.15) is 5.10 Å². The van der Waals surface area contributed by atoms with Crippen LogP contribution in [0.1, 0.15) is 18.4 Å². The van der Waals surface area contributed by atoms with Crippen molar-refractivity contribution in [1.29, 1.82) is 0 Å². The highest BCUT2D eigenvalue weighted by Crippen LogP contribution is 2.42. The summed E-state index contributed by atoms with van der Waals surface area (Å²) in [7, 11) is -3.62. The number of nitrogens with two attached hydrogens (primary N) is 2. The Labute approximate surface area is 173 Å². The van der Waals surface area contributed by atoms with Gasteiger partial charge < -0.3 is 11.5 Å². The molecule has 1 aliphatic rings. The monoisotopic (exact) mass is 429 g/mol. The summed E-state index contributed by atoms with van der Waals surface area (Å²) in [6, 6.07) is 14.4. The first-order valence-electron chi connectivity index (χ1n) is 9.04. The highest BCUT2D eigenvalue weighted by atomic mass is 35.5. The molecule has 0 unspecified atom stereocenters. The second kappa shape index (κ2) is 7.20. The Morgan fingerprint density at radius 1 is 1.07 bits per heavy atom. The maximum absolute atomic E-state index is 12.8. The molecule has 0 spiro atoms. The zero-order valence-electron chi connectivity index (χ0n) is 15.7. The Bertz CT molecular complexity index is 1250. The van der Waals surface area contributed by atoms with Gasteiger partial charge in [-0.15, -0.1) is 5.10 Å². The van der Waals surface area contributed by atoms with Crippen molar-refractivity contribution < 1.29 is 8.42 Å². The van der Waals surface area contributed by atoms with E-state index in [4.69, 9.17) is 23.1 Å². The molecule has 3 aromatic rings. The molecule has 29 heavy (non-hydrogen) atoms. The van der Waals surface area contributed by atoms with Gasteiger partial charge in [-0.3, -0.25) is 0 Å². The number of halogens is 1. The first-order chi connectivity index (χ1) is 13.8. The molecule has 0 atom stereocenters. The predicted molar refractivity (Wildman–Crippen MR) is 118 cm³/mol. The fraction of sp³-hybridized carbons (Fsp3) is 0.200. The quantitative estimate of drug-likeness (QED) is 0.368. The molecule has 1 heterocycles. The standard InChI is InChI=1S/C20H20ClN5O2S/c1-29(27,28)26-16-5-3-2-4-15(16)17(18(12-6-7-12)24-25-20(22)23)19(26)13-8-10-14(21)11-9-13/h2-5,8-12H,6-7H2,1H3,(H4,22,23,25). The Balaban J connectivity index is 2.16.